The molecule has 1 fully saturated rings. The second-order valence-corrected chi connectivity index (χ2v) is 4.61. The maximum absolute atomic E-state index is 11.8. The summed E-state index contributed by atoms with van der Waals surface area (Å²) in [7, 11) is 0. The van der Waals surface area contributed by atoms with Crippen molar-refractivity contribution in [2.75, 3.05) is 13.1 Å². The van der Waals surface area contributed by atoms with Crippen LogP contribution in [0.25, 0.3) is 0 Å². The van der Waals surface area contributed by atoms with Gasteiger partial charge in [-0.1, -0.05) is 0 Å². The van der Waals surface area contributed by atoms with Crippen molar-refractivity contribution < 1.29 is 4.79 Å². The number of nitrogens with one attached hydrogen (secondary N) is 1. The average Bonchev–Trinajstić information content (AvgIpc) is 2.72. The Morgan fingerprint density at radius 2 is 2.29 bits per heavy atom. The van der Waals surface area contributed by atoms with Crippen molar-refractivity contribution in [1.29, 1.82) is 0 Å². The molecule has 0 atom stereocenters. The Bertz CT molecular complexity index is 288. The molecule has 0 bridgehead atoms. The highest BCUT2D eigenvalue weighted by atomic mass is 32.1. The number of carbonyl (C=O) groups excluding carboxylic acids is 1. The summed E-state index contributed by atoms with van der Waals surface area (Å²) in [5.74, 6) is 0.918. The monoisotopic (exact) mass is 209 g/mol. The van der Waals surface area contributed by atoms with Gasteiger partial charge >= 0.3 is 0 Å². The Labute approximate surface area is 88.3 Å². The molecule has 14 heavy (non-hydrogen) atoms. The third kappa shape index (κ3) is 2.42. The Morgan fingerprint density at radius 3 is 2.93 bits per heavy atom. The lowest BCUT2D eigenvalue weighted by Gasteiger charge is -2.21. The van der Waals surface area contributed by atoms with Gasteiger partial charge in [-0.25, -0.2) is 0 Å². The number of hydrogen-bond acceptors (Lipinski definition) is 3. The molecular formula is C11H15NOS. The first-order valence-electron chi connectivity index (χ1n) is 5.12. The molecule has 3 heteroatoms. The number of carbonyl (C=O) groups is 1. The van der Waals surface area contributed by atoms with Gasteiger partial charge in [-0.3, -0.25) is 4.79 Å². The third-order valence-electron chi connectivity index (χ3n) is 2.78. The summed E-state index contributed by atoms with van der Waals surface area (Å²) >= 11 is 1.60. The van der Waals surface area contributed by atoms with Crippen molar-refractivity contribution in [1.82, 2.24) is 5.32 Å². The lowest BCUT2D eigenvalue weighted by Crippen LogP contribution is -2.28. The number of piperidine rings is 1. The highest BCUT2D eigenvalue weighted by Gasteiger charge is 2.17. The van der Waals surface area contributed by atoms with Gasteiger partial charge in [-0.2, -0.15) is 11.3 Å². The highest BCUT2D eigenvalue weighted by Crippen LogP contribution is 2.19. The molecule has 1 aliphatic heterocycles. The number of Topliss-reactive ketones (excluding diaryl/α,β-unsaturated/α-hetero) is 1. The zero-order chi connectivity index (χ0) is 9.80. The maximum atomic E-state index is 11.8. The zero-order valence-electron chi connectivity index (χ0n) is 8.16. The minimum absolute atomic E-state index is 0.318. The van der Waals surface area contributed by atoms with E-state index >= 15 is 0 Å². The van der Waals surface area contributed by atoms with Crippen molar-refractivity contribution >= 4 is 17.1 Å². The zero-order valence-corrected chi connectivity index (χ0v) is 8.98. The van der Waals surface area contributed by atoms with E-state index in [1.807, 2.05) is 16.8 Å². The first kappa shape index (κ1) is 9.87. The van der Waals surface area contributed by atoms with Crippen LogP contribution in [0.3, 0.4) is 0 Å². The molecule has 1 aromatic rings. The molecular weight excluding hydrogens is 194 g/mol. The van der Waals surface area contributed by atoms with Gasteiger partial charge in [0.1, 0.15) is 0 Å². The topological polar surface area (TPSA) is 29.1 Å². The minimum Gasteiger partial charge on any atom is -0.317 e. The van der Waals surface area contributed by atoms with E-state index in [-0.39, 0.29) is 0 Å². The molecule has 2 rings (SSSR count). The fourth-order valence-electron chi connectivity index (χ4n) is 1.89. The smallest absolute Gasteiger partial charge is 0.163 e. The van der Waals surface area contributed by atoms with Crippen LogP contribution in [-0.4, -0.2) is 18.9 Å². The van der Waals surface area contributed by atoms with Crippen LogP contribution in [0.5, 0.6) is 0 Å². The Morgan fingerprint density at radius 1 is 1.50 bits per heavy atom. The van der Waals surface area contributed by atoms with Crippen LogP contribution in [0, 0.1) is 5.92 Å². The van der Waals surface area contributed by atoms with Crippen LogP contribution < -0.4 is 5.32 Å². The third-order valence-corrected chi connectivity index (χ3v) is 3.46. The van der Waals surface area contributed by atoms with Gasteiger partial charge in [0.25, 0.3) is 0 Å². The van der Waals surface area contributed by atoms with Gasteiger partial charge in [0, 0.05) is 17.4 Å². The van der Waals surface area contributed by atoms with E-state index in [1.54, 1.807) is 11.3 Å². The quantitative estimate of drug-likeness (QED) is 0.774. The molecule has 1 N–H and O–H groups in total. The van der Waals surface area contributed by atoms with Crippen molar-refractivity contribution in [2.45, 2.75) is 19.3 Å². The largest absolute Gasteiger partial charge is 0.317 e. The van der Waals surface area contributed by atoms with Gasteiger partial charge in [-0.05, 0) is 43.3 Å². The molecule has 1 aromatic heterocycles. The van der Waals surface area contributed by atoms with Crippen LogP contribution in [-0.2, 0) is 0 Å². The Kier molecular flexibility index (Phi) is 3.32. The Balaban J connectivity index is 1.87. The number of ketones is 1. The van der Waals surface area contributed by atoms with Crippen molar-refractivity contribution in [3.63, 3.8) is 0 Å². The molecule has 0 spiro atoms. The fourth-order valence-corrected chi connectivity index (χ4v) is 2.55. The molecule has 0 radical (unpaired) electrons. The van der Waals surface area contributed by atoms with Gasteiger partial charge in [0.15, 0.2) is 5.78 Å². The predicted molar refractivity (Wildman–Crippen MR) is 58.9 cm³/mol. The highest BCUT2D eigenvalue weighted by molar-refractivity contribution is 7.08. The van der Waals surface area contributed by atoms with E-state index in [1.165, 1.54) is 0 Å². The normalized spacial score (nSPS) is 18.3. The predicted octanol–water partition coefficient (Wildman–Crippen LogP) is 2.32. The van der Waals surface area contributed by atoms with E-state index in [2.05, 4.69) is 5.32 Å². The summed E-state index contributed by atoms with van der Waals surface area (Å²) in [6.45, 7) is 2.14. The van der Waals surface area contributed by atoms with Crippen molar-refractivity contribution in [2.24, 2.45) is 5.92 Å². The minimum atomic E-state index is 0.318. The van der Waals surface area contributed by atoms with E-state index < -0.39 is 0 Å². The molecule has 1 aliphatic rings. The number of hydrogen-bond donors (Lipinski definition) is 1. The lowest BCUT2D eigenvalue weighted by atomic mass is 9.91. The Hall–Kier alpha value is -0.670. The summed E-state index contributed by atoms with van der Waals surface area (Å²) < 4.78 is 0. The van der Waals surface area contributed by atoms with Crippen molar-refractivity contribution in [3.8, 4) is 0 Å². The molecule has 2 nitrogen and oxygen atoms in total. The molecule has 0 aromatic carbocycles. The summed E-state index contributed by atoms with van der Waals surface area (Å²) in [5.41, 5.74) is 0.897. The first-order chi connectivity index (χ1) is 6.86. The lowest BCUT2D eigenvalue weighted by molar-refractivity contribution is 0.0953. The maximum Gasteiger partial charge on any atom is 0.163 e. The van der Waals surface area contributed by atoms with Crippen LogP contribution in [0.4, 0.5) is 0 Å². The average molecular weight is 209 g/mol. The van der Waals surface area contributed by atoms with Gasteiger partial charge in [-0.15, -0.1) is 0 Å². The molecule has 0 unspecified atom stereocenters. The van der Waals surface area contributed by atoms with E-state index in [0.717, 1.165) is 37.9 Å². The number of thiophene rings is 1. The van der Waals surface area contributed by atoms with Gasteiger partial charge in [0.2, 0.25) is 0 Å². The van der Waals surface area contributed by atoms with Crippen LogP contribution >= 0.6 is 11.3 Å². The molecule has 0 saturated carbocycles. The SMILES string of the molecule is O=C(CC1CCNCC1)c1ccsc1. The molecule has 76 valence electrons. The summed E-state index contributed by atoms with van der Waals surface area (Å²) in [6.07, 6.45) is 3.03. The number of rotatable bonds is 3. The van der Waals surface area contributed by atoms with Crippen LogP contribution in [0.2, 0.25) is 0 Å². The fraction of sp³-hybridized carbons (Fsp3) is 0.545. The molecule has 0 amide bonds. The van der Waals surface area contributed by atoms with Crippen LogP contribution in [0.15, 0.2) is 16.8 Å². The van der Waals surface area contributed by atoms with Gasteiger partial charge < -0.3 is 5.32 Å². The first-order valence-corrected chi connectivity index (χ1v) is 6.06. The molecule has 0 aliphatic carbocycles. The van der Waals surface area contributed by atoms with E-state index in [0.29, 0.717) is 11.7 Å². The van der Waals surface area contributed by atoms with Gasteiger partial charge in [0.05, 0.1) is 0 Å². The standard InChI is InChI=1S/C11H15NOS/c13-11(10-3-6-14-8-10)7-9-1-4-12-5-2-9/h3,6,8-9,12H,1-2,4-5,7H2. The van der Waals surface area contributed by atoms with E-state index in [9.17, 15) is 4.79 Å². The summed E-state index contributed by atoms with van der Waals surface area (Å²) in [6, 6.07) is 1.92. The molecule has 2 heterocycles. The van der Waals surface area contributed by atoms with Crippen molar-refractivity contribution in [3.05, 3.63) is 22.4 Å². The molecule has 1 saturated heterocycles. The van der Waals surface area contributed by atoms with Crippen LogP contribution in [0.1, 0.15) is 29.6 Å². The summed E-state index contributed by atoms with van der Waals surface area (Å²) in [5, 5.41) is 7.23. The summed E-state index contributed by atoms with van der Waals surface area (Å²) in [4.78, 5) is 11.8. The second kappa shape index (κ2) is 4.71. The van der Waals surface area contributed by atoms with E-state index in [4.69, 9.17) is 0 Å². The second-order valence-electron chi connectivity index (χ2n) is 3.83.